The second-order valence-corrected chi connectivity index (χ2v) is 20.3. The number of pyridine rings is 1. The van der Waals surface area contributed by atoms with Crippen molar-refractivity contribution in [2.24, 2.45) is 4.99 Å². The van der Waals surface area contributed by atoms with Gasteiger partial charge in [0.2, 0.25) is 0 Å². The van der Waals surface area contributed by atoms with Crippen LogP contribution in [-0.2, 0) is 10.8 Å². The Labute approximate surface area is 422 Å². The molecule has 0 amide bonds. The van der Waals surface area contributed by atoms with Gasteiger partial charge < -0.3 is 9.47 Å². The van der Waals surface area contributed by atoms with E-state index in [1.165, 1.54) is 76.2 Å². The number of rotatable bonds is 6. The lowest BCUT2D eigenvalue weighted by atomic mass is 9.65. The summed E-state index contributed by atoms with van der Waals surface area (Å²) >= 11 is 1.88. The van der Waals surface area contributed by atoms with Gasteiger partial charge in [0, 0.05) is 37.5 Å². The van der Waals surface area contributed by atoms with Gasteiger partial charge in [-0.25, -0.2) is 0 Å². The van der Waals surface area contributed by atoms with Gasteiger partial charge in [-0.2, -0.15) is 0 Å². The molecule has 0 saturated carbocycles. The maximum absolute atomic E-state index is 5.54. The van der Waals surface area contributed by atoms with Crippen molar-refractivity contribution >= 4 is 63.0 Å². The first-order chi connectivity index (χ1) is 35.7. The van der Waals surface area contributed by atoms with Crippen LogP contribution in [0.1, 0.15) is 51.6 Å². The Hall–Kier alpha value is -8.77. The Balaban J connectivity index is 1.03. The lowest BCUT2D eigenvalue weighted by Crippen LogP contribution is -2.33. The highest BCUT2D eigenvalue weighted by molar-refractivity contribution is 7.99. The minimum Gasteiger partial charge on any atom is -0.309 e. The van der Waals surface area contributed by atoms with Crippen molar-refractivity contribution in [3.8, 4) is 27.9 Å². The van der Waals surface area contributed by atoms with Crippen molar-refractivity contribution in [1.29, 1.82) is 0 Å². The van der Waals surface area contributed by atoms with Gasteiger partial charge in [0.1, 0.15) is 0 Å². The summed E-state index contributed by atoms with van der Waals surface area (Å²) in [5, 5.41) is 2.35. The fourth-order valence-electron chi connectivity index (χ4n) is 13.3. The molecule has 2 aromatic heterocycles. The van der Waals surface area contributed by atoms with E-state index in [0.717, 1.165) is 56.3 Å². The van der Waals surface area contributed by atoms with Crippen LogP contribution in [0.4, 0.5) is 17.1 Å². The molecule has 1 unspecified atom stereocenters. The molecule has 0 radical (unpaired) electrons. The average Bonchev–Trinajstić information content (AvgIpc) is 4.13. The van der Waals surface area contributed by atoms with E-state index < -0.39 is 10.8 Å². The number of aliphatic imine (C=N–C) groups is 1. The second kappa shape index (κ2) is 15.4. The topological polar surface area (TPSA) is 33.4 Å². The maximum atomic E-state index is 5.54. The largest absolute Gasteiger partial charge is 0.309 e. The molecule has 0 bridgehead atoms. The smallest absolute Gasteiger partial charge is 0.0938 e. The van der Waals surface area contributed by atoms with Crippen molar-refractivity contribution in [3.63, 3.8) is 0 Å². The zero-order valence-electron chi connectivity index (χ0n) is 39.4. The monoisotopic (exact) mass is 936 g/mol. The van der Waals surface area contributed by atoms with Crippen LogP contribution in [-0.4, -0.2) is 16.3 Å². The van der Waals surface area contributed by atoms with Crippen molar-refractivity contribution in [2.75, 3.05) is 4.90 Å². The molecule has 72 heavy (non-hydrogen) atoms. The number of nitrogens with zero attached hydrogens (tertiary/aromatic N) is 4. The molecule has 0 fully saturated rings. The highest BCUT2D eigenvalue weighted by atomic mass is 32.2. The molecule has 4 aliphatic rings. The predicted molar refractivity (Wildman–Crippen MR) is 298 cm³/mol. The Morgan fingerprint density at radius 1 is 0.514 bits per heavy atom. The van der Waals surface area contributed by atoms with Gasteiger partial charge in [0.15, 0.2) is 0 Å². The van der Waals surface area contributed by atoms with Crippen molar-refractivity contribution < 1.29 is 0 Å². The van der Waals surface area contributed by atoms with Crippen LogP contribution in [0.2, 0.25) is 0 Å². The standard InChI is InChI=1S/C67H44N4S/c1-3-21-54-64(68-2)65-57(38-44(41-69-65)70(42-22-6-4-7-23-42)59-35-20-36-60-63(59)48-29-13-18-34-58(48)71(60)43-24-8-5-9-25-43)67(54)53-33-17-19-37-61(53)72-62-40-55-49(39-56(62)67)47-28-12-16-32-52(47)66(55)50-30-14-10-26-45(50)46-27-11-15-31-51(46)66/h3-41H,2H2,1H3/b21-3-. The van der Waals surface area contributed by atoms with Crippen LogP contribution in [0.3, 0.4) is 0 Å². The average molecular weight is 937 g/mol. The van der Waals surface area contributed by atoms with E-state index in [9.17, 15) is 0 Å². The van der Waals surface area contributed by atoms with Gasteiger partial charge >= 0.3 is 0 Å². The summed E-state index contributed by atoms with van der Waals surface area (Å²) in [6.07, 6.45) is 6.46. The number of allylic oxidation sites excluding steroid dienone is 3. The third-order valence-electron chi connectivity index (χ3n) is 15.9. The molecule has 5 heteroatoms. The van der Waals surface area contributed by atoms with Gasteiger partial charge in [0.05, 0.1) is 50.8 Å². The summed E-state index contributed by atoms with van der Waals surface area (Å²) < 4.78 is 2.39. The third kappa shape index (κ3) is 5.22. The SMILES string of the molecule is C=NC1=C(/C=C\C)C2(c3ccccc3Sc3cc4c(cc32)-c2ccccc2C42c3ccccc3-c3ccccc32)c2cc(N(c3ccccc3)c3cccc4c3c3ccccc3n4-c3ccccc3)cnc21. The van der Waals surface area contributed by atoms with Gasteiger partial charge in [-0.3, -0.25) is 9.98 Å². The number of hydrogen-bond donors (Lipinski definition) is 0. The molecule has 1 atom stereocenters. The summed E-state index contributed by atoms with van der Waals surface area (Å²) in [7, 11) is 0. The normalized spacial score (nSPS) is 16.2. The molecule has 0 saturated heterocycles. The van der Waals surface area contributed by atoms with Gasteiger partial charge in [0.25, 0.3) is 0 Å². The Morgan fingerprint density at radius 3 is 1.83 bits per heavy atom. The minimum atomic E-state index is -0.804. The summed E-state index contributed by atoms with van der Waals surface area (Å²) in [6.45, 7) is 6.39. The summed E-state index contributed by atoms with van der Waals surface area (Å²) in [5.74, 6) is 0. The molecule has 15 rings (SSSR count). The molecule has 3 aliphatic carbocycles. The van der Waals surface area contributed by atoms with E-state index >= 15 is 0 Å². The zero-order chi connectivity index (χ0) is 47.7. The number of para-hydroxylation sites is 3. The summed E-state index contributed by atoms with van der Waals surface area (Å²) in [5.41, 5.74) is 21.9. The third-order valence-corrected chi connectivity index (χ3v) is 17.0. The molecule has 3 heterocycles. The molecular weight excluding hydrogens is 893 g/mol. The van der Waals surface area contributed by atoms with E-state index in [0.29, 0.717) is 0 Å². The number of fused-ring (bicyclic) bond motifs is 19. The zero-order valence-corrected chi connectivity index (χ0v) is 40.2. The molecule has 338 valence electrons. The van der Waals surface area contributed by atoms with E-state index in [1.807, 2.05) is 18.0 Å². The van der Waals surface area contributed by atoms with Crippen molar-refractivity contribution in [2.45, 2.75) is 27.5 Å². The number of hydrogen-bond acceptors (Lipinski definition) is 4. The molecule has 4 nitrogen and oxygen atoms in total. The van der Waals surface area contributed by atoms with Crippen LogP contribution in [0, 0.1) is 0 Å². The van der Waals surface area contributed by atoms with E-state index in [-0.39, 0.29) is 0 Å². The van der Waals surface area contributed by atoms with Crippen LogP contribution in [0.15, 0.2) is 257 Å². The molecular formula is C67H44N4S. The van der Waals surface area contributed by atoms with E-state index in [2.05, 4.69) is 254 Å². The Morgan fingerprint density at radius 2 is 1.12 bits per heavy atom. The molecule has 0 N–H and O–H groups in total. The Kier molecular flexibility index (Phi) is 8.76. The van der Waals surface area contributed by atoms with Crippen molar-refractivity contribution in [3.05, 3.63) is 287 Å². The van der Waals surface area contributed by atoms with Crippen LogP contribution in [0.5, 0.6) is 0 Å². The van der Waals surface area contributed by atoms with E-state index in [1.54, 1.807) is 0 Å². The summed E-state index contributed by atoms with van der Waals surface area (Å²) in [4.78, 5) is 15.3. The predicted octanol–water partition coefficient (Wildman–Crippen LogP) is 16.8. The summed E-state index contributed by atoms with van der Waals surface area (Å²) in [6, 6.07) is 80.7. The van der Waals surface area contributed by atoms with Crippen LogP contribution in [0.25, 0.3) is 55.4 Å². The number of benzene rings is 9. The number of aromatic nitrogens is 2. The fourth-order valence-corrected chi connectivity index (χ4v) is 14.5. The lowest BCUT2D eigenvalue weighted by molar-refractivity contribution is 0.709. The Bertz CT molecular complexity index is 4140. The highest BCUT2D eigenvalue weighted by Crippen LogP contribution is 2.67. The minimum absolute atomic E-state index is 0.474. The second-order valence-electron chi connectivity index (χ2n) is 19.2. The first kappa shape index (κ1) is 41.1. The first-order valence-electron chi connectivity index (χ1n) is 24.7. The fraction of sp³-hybridized carbons (Fsp3) is 0.0448. The molecule has 2 spiro atoms. The van der Waals surface area contributed by atoms with Gasteiger partial charge in [-0.05, 0) is 142 Å². The first-order valence-corrected chi connectivity index (χ1v) is 25.5. The lowest BCUT2D eigenvalue weighted by Gasteiger charge is -2.41. The molecule has 11 aromatic rings. The van der Waals surface area contributed by atoms with Crippen molar-refractivity contribution in [1.82, 2.24) is 9.55 Å². The quantitative estimate of drug-likeness (QED) is 0.156. The highest BCUT2D eigenvalue weighted by Gasteiger charge is 2.56. The maximum Gasteiger partial charge on any atom is 0.0938 e. The van der Waals surface area contributed by atoms with E-state index in [4.69, 9.17) is 9.98 Å². The van der Waals surface area contributed by atoms with Crippen LogP contribution >= 0.6 is 11.8 Å². The van der Waals surface area contributed by atoms with Gasteiger partial charge in [-0.15, -0.1) is 0 Å². The van der Waals surface area contributed by atoms with Gasteiger partial charge in [-0.1, -0.05) is 176 Å². The molecule has 9 aromatic carbocycles. The molecule has 1 aliphatic heterocycles. The number of anilines is 3. The van der Waals surface area contributed by atoms with Crippen LogP contribution < -0.4 is 4.90 Å².